The Kier molecular flexibility index (Phi) is 3.29. The summed E-state index contributed by atoms with van der Waals surface area (Å²) in [5, 5.41) is 4.21. The molecule has 0 saturated heterocycles. The summed E-state index contributed by atoms with van der Waals surface area (Å²) in [6.07, 6.45) is 0.711. The fourth-order valence-corrected chi connectivity index (χ4v) is 2.24. The number of hydrogen-bond acceptors (Lipinski definition) is 4. The smallest absolute Gasteiger partial charge is 0.129 e. The van der Waals surface area contributed by atoms with Crippen molar-refractivity contribution in [2.45, 2.75) is 13.3 Å². The summed E-state index contributed by atoms with van der Waals surface area (Å²) < 4.78 is 0. The van der Waals surface area contributed by atoms with E-state index in [1.807, 2.05) is 38.2 Å². The summed E-state index contributed by atoms with van der Waals surface area (Å²) in [5.74, 6) is 1.61. The molecule has 0 unspecified atom stereocenters. The van der Waals surface area contributed by atoms with E-state index in [0.717, 1.165) is 33.9 Å². The van der Waals surface area contributed by atoms with Crippen LogP contribution in [0.25, 0.3) is 10.9 Å². The Morgan fingerprint density at radius 2 is 1.80 bits per heavy atom. The molecule has 1 N–H and O–H groups in total. The molecule has 20 heavy (non-hydrogen) atoms. The molecule has 0 saturated carbocycles. The minimum atomic E-state index is 0.711. The number of benzene rings is 1. The molecule has 4 nitrogen and oxygen atoms in total. The summed E-state index contributed by atoms with van der Waals surface area (Å²) in [6.45, 7) is 1.90. The quantitative estimate of drug-likeness (QED) is 0.790. The number of hydrogen-bond donors (Lipinski definition) is 1. The van der Waals surface area contributed by atoms with Gasteiger partial charge in [-0.1, -0.05) is 24.3 Å². The van der Waals surface area contributed by atoms with E-state index in [0.29, 0.717) is 6.42 Å². The summed E-state index contributed by atoms with van der Waals surface area (Å²) in [5.41, 5.74) is 3.01. The van der Waals surface area contributed by atoms with E-state index in [-0.39, 0.29) is 0 Å². The number of aryl methyl sites for hydroxylation is 1. The maximum atomic E-state index is 4.67. The van der Waals surface area contributed by atoms with Gasteiger partial charge in [0, 0.05) is 30.6 Å². The Morgan fingerprint density at radius 3 is 2.65 bits per heavy atom. The number of aromatic nitrogens is 3. The molecule has 0 aliphatic carbocycles. The third kappa shape index (κ3) is 2.59. The summed E-state index contributed by atoms with van der Waals surface area (Å²) >= 11 is 0. The summed E-state index contributed by atoms with van der Waals surface area (Å²) in [6, 6.07) is 14.3. The average Bonchev–Trinajstić information content (AvgIpc) is 2.46. The normalized spacial score (nSPS) is 10.7. The zero-order valence-electron chi connectivity index (χ0n) is 11.6. The van der Waals surface area contributed by atoms with E-state index >= 15 is 0 Å². The third-order valence-corrected chi connectivity index (χ3v) is 3.17. The highest BCUT2D eigenvalue weighted by atomic mass is 15.0. The second-order valence-corrected chi connectivity index (χ2v) is 4.71. The van der Waals surface area contributed by atoms with E-state index in [9.17, 15) is 0 Å². The molecule has 0 aliphatic heterocycles. The molecule has 0 atom stereocenters. The van der Waals surface area contributed by atoms with Crippen LogP contribution in [-0.2, 0) is 6.42 Å². The van der Waals surface area contributed by atoms with Crippen LogP contribution in [0.4, 0.5) is 5.82 Å². The van der Waals surface area contributed by atoms with Gasteiger partial charge in [-0.05, 0) is 19.1 Å². The third-order valence-electron chi connectivity index (χ3n) is 3.17. The molecule has 2 aromatic heterocycles. The lowest BCUT2D eigenvalue weighted by atomic mass is 10.1. The highest BCUT2D eigenvalue weighted by Gasteiger charge is 2.04. The molecule has 0 bridgehead atoms. The Bertz CT molecular complexity index is 752. The van der Waals surface area contributed by atoms with Gasteiger partial charge in [-0.2, -0.15) is 0 Å². The van der Waals surface area contributed by atoms with Gasteiger partial charge >= 0.3 is 0 Å². The minimum Gasteiger partial charge on any atom is -0.373 e. The molecule has 0 aliphatic rings. The monoisotopic (exact) mass is 264 g/mol. The van der Waals surface area contributed by atoms with Crippen LogP contribution >= 0.6 is 0 Å². The first-order valence-electron chi connectivity index (χ1n) is 6.61. The molecule has 3 aromatic rings. The van der Waals surface area contributed by atoms with Gasteiger partial charge in [0.1, 0.15) is 11.6 Å². The number of nitrogens with zero attached hydrogens (tertiary/aromatic N) is 3. The van der Waals surface area contributed by atoms with E-state index in [2.05, 4.69) is 38.5 Å². The lowest BCUT2D eigenvalue weighted by Gasteiger charge is -2.06. The van der Waals surface area contributed by atoms with Gasteiger partial charge in [0.25, 0.3) is 0 Å². The van der Waals surface area contributed by atoms with Gasteiger partial charge in [-0.15, -0.1) is 0 Å². The molecule has 4 heteroatoms. The zero-order chi connectivity index (χ0) is 13.9. The average molecular weight is 264 g/mol. The van der Waals surface area contributed by atoms with Crippen molar-refractivity contribution in [3.8, 4) is 0 Å². The standard InChI is InChI=1S/C16H16N4/c1-11-18-14(10-16(17-2)19-11)9-13-8-7-12-5-3-4-6-15(12)20-13/h3-8,10H,9H2,1-2H3,(H,17,18,19). The van der Waals surface area contributed by atoms with E-state index < -0.39 is 0 Å². The predicted octanol–water partition coefficient (Wildman–Crippen LogP) is 2.97. The SMILES string of the molecule is CNc1cc(Cc2ccc3ccccc3n2)nc(C)n1. The number of nitrogens with one attached hydrogen (secondary N) is 1. The first kappa shape index (κ1) is 12.5. The van der Waals surface area contributed by atoms with Crippen molar-refractivity contribution in [2.75, 3.05) is 12.4 Å². The lowest BCUT2D eigenvalue weighted by molar-refractivity contribution is 0.952. The highest BCUT2D eigenvalue weighted by molar-refractivity contribution is 5.78. The summed E-state index contributed by atoms with van der Waals surface area (Å²) in [4.78, 5) is 13.4. The van der Waals surface area contributed by atoms with Gasteiger partial charge in [-0.3, -0.25) is 4.98 Å². The van der Waals surface area contributed by atoms with Crippen LogP contribution in [0.5, 0.6) is 0 Å². The maximum absolute atomic E-state index is 4.67. The highest BCUT2D eigenvalue weighted by Crippen LogP contribution is 2.15. The Morgan fingerprint density at radius 1 is 0.950 bits per heavy atom. The molecule has 0 radical (unpaired) electrons. The summed E-state index contributed by atoms with van der Waals surface area (Å²) in [7, 11) is 1.86. The molecular weight excluding hydrogens is 248 g/mol. The van der Waals surface area contributed by atoms with Crippen molar-refractivity contribution in [2.24, 2.45) is 0 Å². The van der Waals surface area contributed by atoms with Crippen LogP contribution < -0.4 is 5.32 Å². The van der Waals surface area contributed by atoms with Crippen LogP contribution in [0.15, 0.2) is 42.5 Å². The zero-order valence-corrected chi connectivity index (χ0v) is 11.6. The first-order valence-corrected chi connectivity index (χ1v) is 6.61. The molecule has 1 aromatic carbocycles. The van der Waals surface area contributed by atoms with Crippen molar-refractivity contribution in [1.82, 2.24) is 15.0 Å². The van der Waals surface area contributed by atoms with E-state index in [1.165, 1.54) is 0 Å². The van der Waals surface area contributed by atoms with Crippen molar-refractivity contribution < 1.29 is 0 Å². The largest absolute Gasteiger partial charge is 0.373 e. The number of anilines is 1. The van der Waals surface area contributed by atoms with Gasteiger partial charge in [-0.25, -0.2) is 9.97 Å². The molecule has 0 spiro atoms. The number of pyridine rings is 1. The maximum Gasteiger partial charge on any atom is 0.129 e. The van der Waals surface area contributed by atoms with Crippen molar-refractivity contribution in [3.63, 3.8) is 0 Å². The van der Waals surface area contributed by atoms with Crippen molar-refractivity contribution in [3.05, 3.63) is 59.7 Å². The van der Waals surface area contributed by atoms with Gasteiger partial charge in [0.2, 0.25) is 0 Å². The first-order chi connectivity index (χ1) is 9.74. The van der Waals surface area contributed by atoms with E-state index in [4.69, 9.17) is 0 Å². The van der Waals surface area contributed by atoms with Crippen molar-refractivity contribution >= 4 is 16.7 Å². The second kappa shape index (κ2) is 5.25. The van der Waals surface area contributed by atoms with Crippen LogP contribution in [0.3, 0.4) is 0 Å². The second-order valence-electron chi connectivity index (χ2n) is 4.71. The van der Waals surface area contributed by atoms with Gasteiger partial charge in [0.15, 0.2) is 0 Å². The molecular formula is C16H16N4. The van der Waals surface area contributed by atoms with E-state index in [1.54, 1.807) is 0 Å². The molecule has 0 amide bonds. The fraction of sp³-hybridized carbons (Fsp3) is 0.188. The van der Waals surface area contributed by atoms with Crippen LogP contribution in [0.1, 0.15) is 17.2 Å². The minimum absolute atomic E-state index is 0.711. The molecule has 2 heterocycles. The number of fused-ring (bicyclic) bond motifs is 1. The van der Waals surface area contributed by atoms with Crippen molar-refractivity contribution in [1.29, 1.82) is 0 Å². The molecule has 0 fully saturated rings. The molecule has 100 valence electrons. The Labute approximate surface area is 117 Å². The van der Waals surface area contributed by atoms with Gasteiger partial charge < -0.3 is 5.32 Å². The van der Waals surface area contributed by atoms with Crippen LogP contribution in [-0.4, -0.2) is 22.0 Å². The lowest BCUT2D eigenvalue weighted by Crippen LogP contribution is -2.02. The fourth-order valence-electron chi connectivity index (χ4n) is 2.24. The Balaban J connectivity index is 1.94. The molecule has 3 rings (SSSR count). The predicted molar refractivity (Wildman–Crippen MR) is 80.9 cm³/mol. The van der Waals surface area contributed by atoms with Crippen LogP contribution in [0, 0.1) is 6.92 Å². The number of para-hydroxylation sites is 1. The van der Waals surface area contributed by atoms with Gasteiger partial charge in [0.05, 0.1) is 11.2 Å². The Hall–Kier alpha value is -2.49. The number of rotatable bonds is 3. The topological polar surface area (TPSA) is 50.7 Å². The van der Waals surface area contributed by atoms with Crippen LogP contribution in [0.2, 0.25) is 0 Å².